The van der Waals surface area contributed by atoms with Crippen LogP contribution in [0.4, 0.5) is 5.88 Å². The van der Waals surface area contributed by atoms with Crippen LogP contribution in [0.3, 0.4) is 0 Å². The molecule has 1 aliphatic heterocycles. The van der Waals surface area contributed by atoms with Crippen LogP contribution in [0.25, 0.3) is 11.7 Å². The number of anilines is 1. The predicted octanol–water partition coefficient (Wildman–Crippen LogP) is 3.36. The van der Waals surface area contributed by atoms with E-state index in [4.69, 9.17) is 18.3 Å². The number of hydrogen-bond donors (Lipinski definition) is 1. The van der Waals surface area contributed by atoms with Gasteiger partial charge in [-0.2, -0.15) is 4.98 Å². The Bertz CT molecular complexity index is 1050. The third-order valence-electron chi connectivity index (χ3n) is 3.83. The predicted molar refractivity (Wildman–Crippen MR) is 95.8 cm³/mol. The molecule has 27 heavy (non-hydrogen) atoms. The Kier molecular flexibility index (Phi) is 4.31. The van der Waals surface area contributed by atoms with E-state index in [9.17, 15) is 8.42 Å². The van der Waals surface area contributed by atoms with Crippen LogP contribution >= 0.6 is 0 Å². The molecule has 142 valence electrons. The molecule has 0 aliphatic carbocycles. The maximum atomic E-state index is 13.2. The summed E-state index contributed by atoms with van der Waals surface area (Å²) in [4.78, 5) is 4.22. The molecule has 1 N–H and O–H groups in total. The molecule has 0 fully saturated rings. The summed E-state index contributed by atoms with van der Waals surface area (Å²) in [5, 5.41) is 2.78. The largest absolute Gasteiger partial charge is 0.486 e. The van der Waals surface area contributed by atoms with Crippen LogP contribution in [-0.4, -0.2) is 32.7 Å². The van der Waals surface area contributed by atoms with Gasteiger partial charge in [-0.1, -0.05) is 0 Å². The van der Waals surface area contributed by atoms with Crippen molar-refractivity contribution in [3.8, 4) is 23.1 Å². The highest BCUT2D eigenvalue weighted by Crippen LogP contribution is 2.37. The number of benzene rings is 1. The van der Waals surface area contributed by atoms with E-state index in [2.05, 4.69) is 10.3 Å². The number of sulfone groups is 1. The second-order valence-electron chi connectivity index (χ2n) is 6.24. The van der Waals surface area contributed by atoms with Gasteiger partial charge < -0.3 is 23.6 Å². The fourth-order valence-corrected chi connectivity index (χ4v) is 3.93. The second kappa shape index (κ2) is 6.66. The van der Waals surface area contributed by atoms with Gasteiger partial charge in [0.2, 0.25) is 20.7 Å². The first-order chi connectivity index (χ1) is 12.9. The van der Waals surface area contributed by atoms with E-state index in [0.29, 0.717) is 30.5 Å². The smallest absolute Gasteiger partial charge is 0.266 e. The number of rotatable bonds is 5. The van der Waals surface area contributed by atoms with E-state index in [0.717, 1.165) is 0 Å². The van der Waals surface area contributed by atoms with Gasteiger partial charge in [0.1, 0.15) is 13.2 Å². The highest BCUT2D eigenvalue weighted by Gasteiger charge is 2.30. The third-order valence-corrected chi connectivity index (χ3v) is 5.49. The van der Waals surface area contributed by atoms with Crippen molar-refractivity contribution in [2.45, 2.75) is 29.8 Å². The van der Waals surface area contributed by atoms with Crippen molar-refractivity contribution in [1.82, 2.24) is 4.98 Å². The minimum atomic E-state index is -3.96. The van der Waals surface area contributed by atoms with Gasteiger partial charge in [0.25, 0.3) is 5.89 Å². The molecule has 0 spiro atoms. The molecule has 3 aromatic rings. The molecule has 0 saturated carbocycles. The molecule has 2 aromatic heterocycles. The molecule has 0 unspecified atom stereocenters. The van der Waals surface area contributed by atoms with Crippen molar-refractivity contribution in [2.24, 2.45) is 0 Å². The zero-order valence-corrected chi connectivity index (χ0v) is 15.6. The first-order valence-corrected chi connectivity index (χ1v) is 9.89. The molecular formula is C18H18N2O6S. The zero-order valence-electron chi connectivity index (χ0n) is 14.8. The van der Waals surface area contributed by atoms with E-state index in [1.165, 1.54) is 18.4 Å². The molecule has 0 atom stereocenters. The zero-order chi connectivity index (χ0) is 19.0. The van der Waals surface area contributed by atoms with E-state index >= 15 is 0 Å². The molecular weight excluding hydrogens is 372 g/mol. The highest BCUT2D eigenvalue weighted by molar-refractivity contribution is 7.91. The third kappa shape index (κ3) is 3.25. The van der Waals surface area contributed by atoms with Gasteiger partial charge in [-0.05, 0) is 38.1 Å². The van der Waals surface area contributed by atoms with Crippen LogP contribution in [0.5, 0.6) is 11.5 Å². The monoisotopic (exact) mass is 390 g/mol. The van der Waals surface area contributed by atoms with Gasteiger partial charge in [-0.3, -0.25) is 0 Å². The van der Waals surface area contributed by atoms with Crippen LogP contribution < -0.4 is 14.8 Å². The lowest BCUT2D eigenvalue weighted by Crippen LogP contribution is -2.16. The molecule has 0 bridgehead atoms. The highest BCUT2D eigenvalue weighted by atomic mass is 32.2. The van der Waals surface area contributed by atoms with Gasteiger partial charge in [-0.25, -0.2) is 8.42 Å². The number of aromatic nitrogens is 1. The molecule has 0 amide bonds. The number of hydrogen-bond acceptors (Lipinski definition) is 8. The lowest BCUT2D eigenvalue weighted by atomic mass is 10.3. The number of ether oxygens (including phenoxy) is 2. The van der Waals surface area contributed by atoms with E-state index in [-0.39, 0.29) is 27.7 Å². The van der Waals surface area contributed by atoms with Crippen molar-refractivity contribution in [2.75, 3.05) is 18.5 Å². The van der Waals surface area contributed by atoms with E-state index < -0.39 is 9.84 Å². The fraction of sp³-hybridized carbons (Fsp3) is 0.278. The van der Waals surface area contributed by atoms with Gasteiger partial charge in [0.15, 0.2) is 17.3 Å². The van der Waals surface area contributed by atoms with Gasteiger partial charge in [-0.15, -0.1) is 0 Å². The maximum absolute atomic E-state index is 13.2. The minimum Gasteiger partial charge on any atom is -0.486 e. The summed E-state index contributed by atoms with van der Waals surface area (Å²) in [5.74, 6) is 1.38. The Balaban J connectivity index is 1.80. The topological polar surface area (TPSA) is 104 Å². The standard InChI is InChI=1S/C18H18N2O6S/c1-11(2)19-17-18(20-16(26-17)14-4-3-7-23-14)27(21,22)12-5-6-13-15(10-12)25-9-8-24-13/h3-7,10-11,19H,8-9H2,1-2H3. The first-order valence-electron chi connectivity index (χ1n) is 8.41. The van der Waals surface area contributed by atoms with Crippen molar-refractivity contribution in [3.63, 3.8) is 0 Å². The van der Waals surface area contributed by atoms with Crippen LogP contribution in [0.1, 0.15) is 13.8 Å². The van der Waals surface area contributed by atoms with Gasteiger partial charge in [0, 0.05) is 12.1 Å². The summed E-state index contributed by atoms with van der Waals surface area (Å²) in [6.45, 7) is 4.53. The maximum Gasteiger partial charge on any atom is 0.266 e. The Hall–Kier alpha value is -2.94. The molecule has 8 nitrogen and oxygen atoms in total. The molecule has 1 aliphatic rings. The summed E-state index contributed by atoms with van der Waals surface area (Å²) in [6, 6.07) is 7.73. The van der Waals surface area contributed by atoms with Crippen molar-refractivity contribution in [1.29, 1.82) is 0 Å². The van der Waals surface area contributed by atoms with Gasteiger partial charge in [0.05, 0.1) is 11.2 Å². The van der Waals surface area contributed by atoms with Crippen molar-refractivity contribution < 1.29 is 26.7 Å². The van der Waals surface area contributed by atoms with E-state index in [1.807, 2.05) is 13.8 Å². The number of furan rings is 1. The van der Waals surface area contributed by atoms with Gasteiger partial charge >= 0.3 is 0 Å². The quantitative estimate of drug-likeness (QED) is 0.707. The summed E-state index contributed by atoms with van der Waals surface area (Å²) < 4.78 is 48.3. The first kappa shape index (κ1) is 17.5. The number of fused-ring (bicyclic) bond motifs is 1. The summed E-state index contributed by atoms with van der Waals surface area (Å²) >= 11 is 0. The average Bonchev–Trinajstić information content (AvgIpc) is 3.30. The average molecular weight is 390 g/mol. The summed E-state index contributed by atoms with van der Waals surface area (Å²) in [5.41, 5.74) is 0. The SMILES string of the molecule is CC(C)Nc1oc(-c2ccco2)nc1S(=O)(=O)c1ccc2c(c1)OCCO2. The summed E-state index contributed by atoms with van der Waals surface area (Å²) in [7, 11) is -3.96. The normalized spacial score (nSPS) is 13.7. The number of oxazole rings is 1. The Labute approximate surface area is 156 Å². The van der Waals surface area contributed by atoms with Crippen LogP contribution in [0.2, 0.25) is 0 Å². The molecule has 9 heteroatoms. The van der Waals surface area contributed by atoms with E-state index in [1.54, 1.807) is 18.2 Å². The molecule has 4 rings (SSSR count). The van der Waals surface area contributed by atoms with Crippen LogP contribution in [0.15, 0.2) is 55.4 Å². The minimum absolute atomic E-state index is 0.0397. The molecule has 1 aromatic carbocycles. The Morgan fingerprint density at radius 2 is 1.89 bits per heavy atom. The molecule has 0 radical (unpaired) electrons. The lowest BCUT2D eigenvalue weighted by molar-refractivity contribution is 0.171. The molecule has 3 heterocycles. The summed E-state index contributed by atoms with van der Waals surface area (Å²) in [6.07, 6.45) is 1.46. The Morgan fingerprint density at radius 1 is 1.11 bits per heavy atom. The number of nitrogens with one attached hydrogen (secondary N) is 1. The second-order valence-corrected chi connectivity index (χ2v) is 8.10. The fourth-order valence-electron chi connectivity index (χ4n) is 2.65. The Morgan fingerprint density at radius 3 is 2.59 bits per heavy atom. The van der Waals surface area contributed by atoms with Crippen molar-refractivity contribution >= 4 is 15.7 Å². The number of nitrogens with zero attached hydrogens (tertiary/aromatic N) is 1. The van der Waals surface area contributed by atoms with Crippen LogP contribution in [0, 0.1) is 0 Å². The van der Waals surface area contributed by atoms with Crippen molar-refractivity contribution in [3.05, 3.63) is 36.6 Å². The van der Waals surface area contributed by atoms with Crippen LogP contribution in [-0.2, 0) is 9.84 Å². The molecule has 0 saturated heterocycles. The lowest BCUT2D eigenvalue weighted by Gasteiger charge is -2.18.